The molecule has 0 radical (unpaired) electrons. The molecule has 1 rings (SSSR count). The van der Waals surface area contributed by atoms with Crippen molar-refractivity contribution >= 4 is 17.3 Å². The molecule has 19 heavy (non-hydrogen) atoms. The van der Waals surface area contributed by atoms with E-state index >= 15 is 0 Å². The largest absolute Gasteiger partial charge is 0.478 e. The molecule has 0 unspecified atom stereocenters. The minimum absolute atomic E-state index is 0.0378. The quantitative estimate of drug-likeness (QED) is 0.657. The number of nitrogens with zero attached hydrogens (tertiary/aromatic N) is 1. The Morgan fingerprint density at radius 3 is 2.47 bits per heavy atom. The fraction of sp³-hybridized carbons (Fsp3) is 0.500. The number of anilines is 2. The van der Waals surface area contributed by atoms with Gasteiger partial charge in [-0.15, -0.1) is 0 Å². The lowest BCUT2D eigenvalue weighted by Gasteiger charge is -2.34. The molecule has 4 N–H and O–H groups in total. The number of benzene rings is 1. The van der Waals surface area contributed by atoms with Gasteiger partial charge in [0.05, 0.1) is 23.5 Å². The van der Waals surface area contributed by atoms with E-state index < -0.39 is 5.97 Å². The average molecular weight is 266 g/mol. The van der Waals surface area contributed by atoms with Crippen molar-refractivity contribution in [3.63, 3.8) is 0 Å². The summed E-state index contributed by atoms with van der Waals surface area (Å²) in [6.07, 6.45) is 1.73. The number of carboxylic acids is 1. The van der Waals surface area contributed by atoms with Crippen LogP contribution in [-0.2, 0) is 0 Å². The number of nitrogen functional groups attached to an aromatic ring is 1. The monoisotopic (exact) mass is 266 g/mol. The number of para-hydroxylation sites is 1. The molecule has 0 amide bonds. The number of aromatic carboxylic acids is 1. The summed E-state index contributed by atoms with van der Waals surface area (Å²) in [6, 6.07) is 5.02. The maximum atomic E-state index is 11.3. The predicted octanol–water partition coefficient (Wildman–Crippen LogP) is 1.95. The second-order valence-corrected chi connectivity index (χ2v) is 4.44. The van der Waals surface area contributed by atoms with Gasteiger partial charge in [0.1, 0.15) is 0 Å². The van der Waals surface area contributed by atoms with E-state index in [1.165, 1.54) is 0 Å². The van der Waals surface area contributed by atoms with Crippen LogP contribution in [0, 0.1) is 0 Å². The van der Waals surface area contributed by atoms with Crippen LogP contribution in [0.3, 0.4) is 0 Å². The first-order chi connectivity index (χ1) is 9.06. The Morgan fingerprint density at radius 1 is 1.37 bits per heavy atom. The lowest BCUT2D eigenvalue weighted by atomic mass is 10.0. The van der Waals surface area contributed by atoms with E-state index in [1.54, 1.807) is 18.2 Å². The van der Waals surface area contributed by atoms with E-state index in [9.17, 15) is 15.0 Å². The molecular weight excluding hydrogens is 244 g/mol. The molecule has 0 aliphatic heterocycles. The van der Waals surface area contributed by atoms with Gasteiger partial charge in [-0.1, -0.05) is 19.9 Å². The number of aliphatic hydroxyl groups is 1. The molecule has 0 atom stereocenters. The molecule has 0 bridgehead atoms. The number of carboxylic acid groups (broad SMARTS) is 1. The summed E-state index contributed by atoms with van der Waals surface area (Å²) in [5.74, 6) is -1.00. The number of aliphatic hydroxyl groups excluding tert-OH is 1. The van der Waals surface area contributed by atoms with Crippen LogP contribution in [-0.4, -0.2) is 35.4 Å². The van der Waals surface area contributed by atoms with Crippen LogP contribution in [0.4, 0.5) is 11.4 Å². The molecule has 0 heterocycles. The second kappa shape index (κ2) is 6.99. The van der Waals surface area contributed by atoms with E-state index in [0.717, 1.165) is 12.8 Å². The molecule has 5 nitrogen and oxygen atoms in total. The topological polar surface area (TPSA) is 86.8 Å². The Kier molecular flexibility index (Phi) is 5.63. The molecule has 0 fully saturated rings. The van der Waals surface area contributed by atoms with Gasteiger partial charge in [0.2, 0.25) is 0 Å². The standard InChI is InChI=1S/C14H22N2O3/c1-3-10(4-2)16(8-9-17)13-11(14(18)19)6-5-7-12(13)15/h5-7,10,17H,3-4,8-9,15H2,1-2H3,(H,18,19). The Labute approximate surface area is 113 Å². The summed E-state index contributed by atoms with van der Waals surface area (Å²) < 4.78 is 0. The molecule has 0 saturated heterocycles. The van der Waals surface area contributed by atoms with Gasteiger partial charge >= 0.3 is 5.97 Å². The second-order valence-electron chi connectivity index (χ2n) is 4.44. The van der Waals surface area contributed by atoms with E-state index in [4.69, 9.17) is 5.73 Å². The average Bonchev–Trinajstić information content (AvgIpc) is 2.39. The van der Waals surface area contributed by atoms with E-state index in [0.29, 0.717) is 17.9 Å². The van der Waals surface area contributed by atoms with Crippen molar-refractivity contribution in [3.05, 3.63) is 23.8 Å². The highest BCUT2D eigenvalue weighted by Gasteiger charge is 2.23. The molecule has 0 saturated carbocycles. The van der Waals surface area contributed by atoms with Gasteiger partial charge in [-0.2, -0.15) is 0 Å². The Bertz CT molecular complexity index is 431. The molecule has 0 aliphatic rings. The summed E-state index contributed by atoms with van der Waals surface area (Å²) in [4.78, 5) is 13.2. The molecular formula is C14H22N2O3. The Morgan fingerprint density at radius 2 is 2.00 bits per heavy atom. The van der Waals surface area contributed by atoms with Gasteiger partial charge in [-0.25, -0.2) is 4.79 Å². The molecule has 0 aliphatic carbocycles. The van der Waals surface area contributed by atoms with E-state index in [1.807, 2.05) is 18.7 Å². The van der Waals surface area contributed by atoms with Crippen molar-refractivity contribution in [2.45, 2.75) is 32.7 Å². The molecule has 1 aromatic rings. The van der Waals surface area contributed by atoms with E-state index in [-0.39, 0.29) is 18.2 Å². The van der Waals surface area contributed by atoms with Gasteiger partial charge in [-0.05, 0) is 25.0 Å². The molecule has 5 heteroatoms. The number of hydrogen-bond acceptors (Lipinski definition) is 4. The highest BCUT2D eigenvalue weighted by molar-refractivity contribution is 5.98. The third-order valence-corrected chi connectivity index (χ3v) is 3.31. The highest BCUT2D eigenvalue weighted by Crippen LogP contribution is 2.31. The first-order valence-electron chi connectivity index (χ1n) is 6.56. The highest BCUT2D eigenvalue weighted by atomic mass is 16.4. The fourth-order valence-electron chi connectivity index (χ4n) is 2.37. The van der Waals surface area contributed by atoms with Crippen molar-refractivity contribution in [3.8, 4) is 0 Å². The third-order valence-electron chi connectivity index (χ3n) is 3.31. The Balaban J connectivity index is 3.32. The van der Waals surface area contributed by atoms with Crippen molar-refractivity contribution < 1.29 is 15.0 Å². The number of rotatable bonds is 7. The normalized spacial score (nSPS) is 10.7. The van der Waals surface area contributed by atoms with Crippen LogP contribution < -0.4 is 10.6 Å². The number of nitrogens with two attached hydrogens (primary N) is 1. The van der Waals surface area contributed by atoms with Gasteiger partial charge in [0.25, 0.3) is 0 Å². The fourth-order valence-corrected chi connectivity index (χ4v) is 2.37. The van der Waals surface area contributed by atoms with Gasteiger partial charge in [0.15, 0.2) is 0 Å². The minimum atomic E-state index is -1.00. The maximum absolute atomic E-state index is 11.3. The zero-order chi connectivity index (χ0) is 14.4. The third kappa shape index (κ3) is 3.38. The van der Waals surface area contributed by atoms with Gasteiger partial charge in [0, 0.05) is 12.6 Å². The summed E-state index contributed by atoms with van der Waals surface area (Å²) >= 11 is 0. The van der Waals surface area contributed by atoms with Crippen LogP contribution >= 0.6 is 0 Å². The minimum Gasteiger partial charge on any atom is -0.478 e. The summed E-state index contributed by atoms with van der Waals surface area (Å²) in [5.41, 5.74) is 7.07. The lowest BCUT2D eigenvalue weighted by molar-refractivity contribution is 0.0697. The van der Waals surface area contributed by atoms with Crippen LogP contribution in [0.2, 0.25) is 0 Å². The zero-order valence-corrected chi connectivity index (χ0v) is 11.5. The number of carbonyl (C=O) groups is 1. The Hall–Kier alpha value is -1.75. The van der Waals surface area contributed by atoms with Crippen LogP contribution in [0.1, 0.15) is 37.0 Å². The van der Waals surface area contributed by atoms with Crippen molar-refractivity contribution in [1.82, 2.24) is 0 Å². The van der Waals surface area contributed by atoms with Gasteiger partial charge in [-0.3, -0.25) is 0 Å². The predicted molar refractivity (Wildman–Crippen MR) is 76.6 cm³/mol. The SMILES string of the molecule is CCC(CC)N(CCO)c1c(N)cccc1C(=O)O. The van der Waals surface area contributed by atoms with Gasteiger partial charge < -0.3 is 20.8 Å². The molecule has 0 spiro atoms. The van der Waals surface area contributed by atoms with Crippen LogP contribution in [0.5, 0.6) is 0 Å². The van der Waals surface area contributed by atoms with E-state index in [2.05, 4.69) is 0 Å². The van der Waals surface area contributed by atoms with Crippen LogP contribution in [0.25, 0.3) is 0 Å². The van der Waals surface area contributed by atoms with Crippen molar-refractivity contribution in [2.24, 2.45) is 0 Å². The molecule has 1 aromatic carbocycles. The summed E-state index contributed by atoms with van der Waals surface area (Å²) in [7, 11) is 0. The van der Waals surface area contributed by atoms with Crippen LogP contribution in [0.15, 0.2) is 18.2 Å². The summed E-state index contributed by atoms with van der Waals surface area (Å²) in [5, 5.41) is 18.5. The summed E-state index contributed by atoms with van der Waals surface area (Å²) in [6.45, 7) is 4.42. The molecule has 0 aromatic heterocycles. The first-order valence-corrected chi connectivity index (χ1v) is 6.56. The first kappa shape index (κ1) is 15.3. The zero-order valence-electron chi connectivity index (χ0n) is 11.5. The lowest BCUT2D eigenvalue weighted by Crippen LogP contribution is -2.38. The number of hydrogen-bond donors (Lipinski definition) is 3. The van der Waals surface area contributed by atoms with Crippen molar-refractivity contribution in [1.29, 1.82) is 0 Å². The smallest absolute Gasteiger partial charge is 0.337 e. The molecule has 106 valence electrons. The maximum Gasteiger partial charge on any atom is 0.337 e. The van der Waals surface area contributed by atoms with Crippen molar-refractivity contribution in [2.75, 3.05) is 23.8 Å².